The van der Waals surface area contributed by atoms with Gasteiger partial charge in [0, 0.05) is 12.1 Å². The maximum absolute atomic E-state index is 12.1. The van der Waals surface area contributed by atoms with E-state index in [1.807, 2.05) is 0 Å². The van der Waals surface area contributed by atoms with E-state index in [0.29, 0.717) is 6.04 Å². The molecule has 0 heterocycles. The lowest BCUT2D eigenvalue weighted by Crippen LogP contribution is -2.42. The number of rotatable bonds is 4. The van der Waals surface area contributed by atoms with Crippen LogP contribution in [0.5, 0.6) is 11.5 Å². The maximum atomic E-state index is 12.1. The molecule has 0 saturated heterocycles. The zero-order valence-electron chi connectivity index (χ0n) is 11.7. The van der Waals surface area contributed by atoms with Crippen molar-refractivity contribution in [2.24, 2.45) is 0 Å². The third-order valence-electron chi connectivity index (χ3n) is 3.81. The number of carbonyl (C=O) groups is 1. The van der Waals surface area contributed by atoms with Crippen LogP contribution in [0, 0.1) is 0 Å². The molecule has 1 saturated carbocycles. The van der Waals surface area contributed by atoms with Crippen LogP contribution in [-0.4, -0.2) is 34.7 Å². The average molecular weight is 278 g/mol. The monoisotopic (exact) mass is 278 g/mol. The van der Waals surface area contributed by atoms with Gasteiger partial charge in [0.2, 0.25) is 0 Å². The lowest BCUT2D eigenvalue weighted by molar-refractivity contribution is 0.0921. The van der Waals surface area contributed by atoms with Crippen LogP contribution < -0.4 is 10.6 Å². The second-order valence-electron chi connectivity index (χ2n) is 5.25. The summed E-state index contributed by atoms with van der Waals surface area (Å²) >= 11 is 0. The largest absolute Gasteiger partial charge is 0.504 e. The molecule has 0 unspecified atom stereocenters. The number of benzene rings is 1. The molecular formula is C15H22N2O3. The zero-order valence-corrected chi connectivity index (χ0v) is 11.7. The van der Waals surface area contributed by atoms with Crippen molar-refractivity contribution in [3.05, 3.63) is 23.8 Å². The molecule has 0 radical (unpaired) electrons. The highest BCUT2D eigenvalue weighted by Gasteiger charge is 2.23. The predicted octanol–water partition coefficient (Wildman–Crippen LogP) is 1.75. The van der Waals surface area contributed by atoms with Crippen molar-refractivity contribution in [3.63, 3.8) is 0 Å². The van der Waals surface area contributed by atoms with Gasteiger partial charge in [0.25, 0.3) is 5.91 Å². The Hall–Kier alpha value is -1.75. The smallest absolute Gasteiger partial charge is 0.255 e. The van der Waals surface area contributed by atoms with E-state index in [4.69, 9.17) is 0 Å². The Morgan fingerprint density at radius 3 is 2.50 bits per heavy atom. The molecule has 0 aromatic heterocycles. The van der Waals surface area contributed by atoms with Crippen molar-refractivity contribution in [2.45, 2.75) is 44.7 Å². The fourth-order valence-corrected chi connectivity index (χ4v) is 2.71. The van der Waals surface area contributed by atoms with Gasteiger partial charge >= 0.3 is 0 Å². The summed E-state index contributed by atoms with van der Waals surface area (Å²) in [5.41, 5.74) is 0.124. The van der Waals surface area contributed by atoms with Gasteiger partial charge in [-0.3, -0.25) is 4.79 Å². The molecule has 4 N–H and O–H groups in total. The number of phenols is 2. The summed E-state index contributed by atoms with van der Waals surface area (Å²) in [5.74, 6) is -0.954. The molecule has 2 rings (SSSR count). The Morgan fingerprint density at radius 2 is 1.85 bits per heavy atom. The minimum absolute atomic E-state index is 0.124. The molecule has 20 heavy (non-hydrogen) atoms. The van der Waals surface area contributed by atoms with E-state index in [2.05, 4.69) is 17.6 Å². The molecule has 1 aliphatic rings. The van der Waals surface area contributed by atoms with E-state index in [1.54, 1.807) is 6.07 Å². The second-order valence-corrected chi connectivity index (χ2v) is 5.25. The minimum Gasteiger partial charge on any atom is -0.504 e. The summed E-state index contributed by atoms with van der Waals surface area (Å²) in [6, 6.07) is 5.09. The molecule has 0 aliphatic heterocycles. The summed E-state index contributed by atoms with van der Waals surface area (Å²) in [6.07, 6.45) is 3.96. The molecule has 110 valence electrons. The number of phenolic OH excluding ortho intramolecular Hbond substituents is 2. The standard InChI is InChI=1S/C15H22N2O3/c1-2-16-10-6-8-11(9-7-10)17-15(20)12-4-3-5-13(18)14(12)19/h3-5,10-11,16,18-19H,2,6-9H2,1H3,(H,17,20). The van der Waals surface area contributed by atoms with Crippen LogP contribution in [-0.2, 0) is 0 Å². The number of aromatic hydroxyl groups is 2. The number of nitrogens with one attached hydrogen (secondary N) is 2. The first-order valence-corrected chi connectivity index (χ1v) is 7.17. The normalized spacial score (nSPS) is 22.4. The van der Waals surface area contributed by atoms with Gasteiger partial charge in [-0.05, 0) is 44.4 Å². The first-order chi connectivity index (χ1) is 9.61. The quantitative estimate of drug-likeness (QED) is 0.632. The first-order valence-electron chi connectivity index (χ1n) is 7.17. The second kappa shape index (κ2) is 6.61. The molecule has 1 aromatic carbocycles. The van der Waals surface area contributed by atoms with Crippen LogP contribution >= 0.6 is 0 Å². The molecule has 0 spiro atoms. The topological polar surface area (TPSA) is 81.6 Å². The van der Waals surface area contributed by atoms with Gasteiger partial charge in [-0.1, -0.05) is 13.0 Å². The van der Waals surface area contributed by atoms with Crippen LogP contribution in [0.1, 0.15) is 43.0 Å². The summed E-state index contributed by atoms with van der Waals surface area (Å²) in [6.45, 7) is 3.07. The highest BCUT2D eigenvalue weighted by Crippen LogP contribution is 2.28. The van der Waals surface area contributed by atoms with E-state index >= 15 is 0 Å². The molecule has 0 atom stereocenters. The van der Waals surface area contributed by atoms with Gasteiger partial charge in [0.05, 0.1) is 5.56 Å². The Kier molecular flexibility index (Phi) is 4.84. The maximum Gasteiger partial charge on any atom is 0.255 e. The van der Waals surface area contributed by atoms with Crippen LogP contribution in [0.3, 0.4) is 0 Å². The van der Waals surface area contributed by atoms with Crippen molar-refractivity contribution in [1.29, 1.82) is 0 Å². The SMILES string of the molecule is CCNC1CCC(NC(=O)c2cccc(O)c2O)CC1. The van der Waals surface area contributed by atoms with Gasteiger partial charge in [-0.25, -0.2) is 0 Å². The van der Waals surface area contributed by atoms with E-state index in [0.717, 1.165) is 32.2 Å². The number of hydrogen-bond donors (Lipinski definition) is 4. The molecule has 5 heteroatoms. The minimum atomic E-state index is -0.355. The van der Waals surface area contributed by atoms with Crippen LogP contribution in [0.25, 0.3) is 0 Å². The summed E-state index contributed by atoms with van der Waals surface area (Å²) in [5, 5.41) is 25.4. The fourth-order valence-electron chi connectivity index (χ4n) is 2.71. The van der Waals surface area contributed by atoms with Crippen LogP contribution in [0.2, 0.25) is 0 Å². The molecule has 1 amide bonds. The van der Waals surface area contributed by atoms with Crippen molar-refractivity contribution < 1.29 is 15.0 Å². The van der Waals surface area contributed by atoms with Crippen molar-refractivity contribution in [3.8, 4) is 11.5 Å². The average Bonchev–Trinajstić information content (AvgIpc) is 2.44. The van der Waals surface area contributed by atoms with E-state index in [-0.39, 0.29) is 29.0 Å². The van der Waals surface area contributed by atoms with Gasteiger partial charge in [-0.15, -0.1) is 0 Å². The van der Waals surface area contributed by atoms with Crippen molar-refractivity contribution >= 4 is 5.91 Å². The van der Waals surface area contributed by atoms with Gasteiger partial charge in [0.15, 0.2) is 11.5 Å². The fraction of sp³-hybridized carbons (Fsp3) is 0.533. The van der Waals surface area contributed by atoms with Crippen LogP contribution in [0.4, 0.5) is 0 Å². The summed E-state index contributed by atoms with van der Waals surface area (Å²) in [4.78, 5) is 12.1. The van der Waals surface area contributed by atoms with Gasteiger partial charge in [-0.2, -0.15) is 0 Å². The van der Waals surface area contributed by atoms with E-state index in [9.17, 15) is 15.0 Å². The zero-order chi connectivity index (χ0) is 14.5. The van der Waals surface area contributed by atoms with Gasteiger partial charge < -0.3 is 20.8 Å². The number of para-hydroxylation sites is 1. The van der Waals surface area contributed by atoms with Gasteiger partial charge in [0.1, 0.15) is 0 Å². The lowest BCUT2D eigenvalue weighted by Gasteiger charge is -2.29. The van der Waals surface area contributed by atoms with Crippen molar-refractivity contribution in [2.75, 3.05) is 6.54 Å². The molecule has 5 nitrogen and oxygen atoms in total. The Morgan fingerprint density at radius 1 is 1.20 bits per heavy atom. The lowest BCUT2D eigenvalue weighted by atomic mass is 9.91. The third-order valence-corrected chi connectivity index (χ3v) is 3.81. The highest BCUT2D eigenvalue weighted by atomic mass is 16.3. The first kappa shape index (κ1) is 14.7. The Balaban J connectivity index is 1.91. The predicted molar refractivity (Wildman–Crippen MR) is 77.0 cm³/mol. The Labute approximate surface area is 119 Å². The summed E-state index contributed by atoms with van der Waals surface area (Å²) in [7, 11) is 0. The molecule has 1 aromatic rings. The van der Waals surface area contributed by atoms with E-state index in [1.165, 1.54) is 12.1 Å². The number of amides is 1. The number of carbonyl (C=O) groups excluding carboxylic acids is 1. The Bertz CT molecular complexity index is 468. The molecule has 0 bridgehead atoms. The highest BCUT2D eigenvalue weighted by molar-refractivity contribution is 5.97. The van der Waals surface area contributed by atoms with E-state index < -0.39 is 0 Å². The third kappa shape index (κ3) is 3.42. The summed E-state index contributed by atoms with van der Waals surface area (Å²) < 4.78 is 0. The molecular weight excluding hydrogens is 256 g/mol. The van der Waals surface area contributed by atoms with Crippen LogP contribution in [0.15, 0.2) is 18.2 Å². The van der Waals surface area contributed by atoms with Crippen molar-refractivity contribution in [1.82, 2.24) is 10.6 Å². The molecule has 1 fully saturated rings. The number of hydrogen-bond acceptors (Lipinski definition) is 4. The molecule has 1 aliphatic carbocycles.